The highest BCUT2D eigenvalue weighted by atomic mass is 32.2. The average Bonchev–Trinajstić information content (AvgIpc) is 2.37. The molecule has 0 aromatic heterocycles. The van der Waals surface area contributed by atoms with Gasteiger partial charge in [0.15, 0.2) is 0 Å². The van der Waals surface area contributed by atoms with Crippen LogP contribution in [0.5, 0.6) is 0 Å². The lowest BCUT2D eigenvalue weighted by Gasteiger charge is -2.37. The first kappa shape index (κ1) is 13.3. The van der Waals surface area contributed by atoms with Gasteiger partial charge in [-0.2, -0.15) is 0 Å². The average molecular weight is 265 g/mol. The molecule has 0 saturated heterocycles. The molecular formula is C14H19NO2S. The number of benzene rings is 1. The van der Waals surface area contributed by atoms with Gasteiger partial charge in [-0.1, -0.05) is 19.1 Å². The van der Waals surface area contributed by atoms with Crippen molar-refractivity contribution in [3.8, 4) is 0 Å². The van der Waals surface area contributed by atoms with Gasteiger partial charge in [0.1, 0.15) is 0 Å². The van der Waals surface area contributed by atoms with E-state index in [1.165, 1.54) is 16.1 Å². The Bertz CT molecular complexity index is 433. The summed E-state index contributed by atoms with van der Waals surface area (Å²) in [5.41, 5.74) is 2.65. The number of para-hydroxylation sites is 1. The first-order valence-electron chi connectivity index (χ1n) is 6.32. The number of fused-ring (bicyclic) bond motifs is 1. The third-order valence-corrected chi connectivity index (χ3v) is 4.68. The van der Waals surface area contributed by atoms with Gasteiger partial charge >= 0.3 is 5.97 Å². The van der Waals surface area contributed by atoms with Crippen molar-refractivity contribution in [3.05, 3.63) is 23.8 Å². The van der Waals surface area contributed by atoms with Gasteiger partial charge in [0.25, 0.3) is 0 Å². The van der Waals surface area contributed by atoms with Gasteiger partial charge in [-0.25, -0.2) is 0 Å². The van der Waals surface area contributed by atoms with Gasteiger partial charge in [0, 0.05) is 30.2 Å². The van der Waals surface area contributed by atoms with Gasteiger partial charge < -0.3 is 10.0 Å². The van der Waals surface area contributed by atoms with E-state index in [9.17, 15) is 4.79 Å². The normalized spacial score (nSPS) is 18.6. The Morgan fingerprint density at radius 2 is 2.33 bits per heavy atom. The monoisotopic (exact) mass is 265 g/mol. The second-order valence-electron chi connectivity index (χ2n) is 4.63. The summed E-state index contributed by atoms with van der Waals surface area (Å²) in [4.78, 5) is 14.3. The molecule has 1 aromatic carbocycles. The Balaban J connectivity index is 2.21. The molecule has 0 amide bonds. The molecule has 0 fully saturated rings. The molecule has 1 aromatic rings. The fourth-order valence-corrected chi connectivity index (χ4v) is 3.77. The predicted octanol–water partition coefficient (Wildman–Crippen LogP) is 3.02. The Kier molecular flexibility index (Phi) is 4.17. The van der Waals surface area contributed by atoms with E-state index in [4.69, 9.17) is 5.11 Å². The zero-order chi connectivity index (χ0) is 13.1. The molecule has 0 radical (unpaired) electrons. The van der Waals surface area contributed by atoms with E-state index in [1.54, 1.807) is 0 Å². The number of carbonyl (C=O) groups is 1. The van der Waals surface area contributed by atoms with Crippen molar-refractivity contribution in [2.45, 2.75) is 37.1 Å². The summed E-state index contributed by atoms with van der Waals surface area (Å²) in [6, 6.07) is 6.75. The number of carboxylic acids is 1. The van der Waals surface area contributed by atoms with Gasteiger partial charge in [0.05, 0.1) is 5.69 Å². The van der Waals surface area contributed by atoms with Crippen LogP contribution in [0, 0.1) is 0 Å². The molecule has 98 valence electrons. The molecule has 1 atom stereocenters. The molecule has 1 heterocycles. The number of aryl methyl sites for hydroxylation is 1. The van der Waals surface area contributed by atoms with Gasteiger partial charge in [0.2, 0.25) is 0 Å². The zero-order valence-corrected chi connectivity index (χ0v) is 11.7. The summed E-state index contributed by atoms with van der Waals surface area (Å²) in [6.07, 6.45) is 1.98. The summed E-state index contributed by atoms with van der Waals surface area (Å²) < 4.78 is 0. The third-order valence-electron chi connectivity index (χ3n) is 3.49. The fourth-order valence-electron chi connectivity index (χ4n) is 2.42. The number of rotatable bonds is 4. The Hall–Kier alpha value is -1.16. The van der Waals surface area contributed by atoms with Crippen LogP contribution in [-0.4, -0.2) is 29.9 Å². The molecule has 0 saturated carbocycles. The number of anilines is 1. The molecule has 0 bridgehead atoms. The Labute approximate surface area is 112 Å². The number of hydrogen-bond acceptors (Lipinski definition) is 3. The molecule has 3 nitrogen and oxygen atoms in total. The highest BCUT2D eigenvalue weighted by molar-refractivity contribution is 7.99. The van der Waals surface area contributed by atoms with E-state index in [2.05, 4.69) is 37.1 Å². The molecule has 1 aliphatic heterocycles. The smallest absolute Gasteiger partial charge is 0.303 e. The minimum atomic E-state index is -0.706. The lowest BCUT2D eigenvalue weighted by molar-refractivity contribution is -0.137. The van der Waals surface area contributed by atoms with E-state index in [-0.39, 0.29) is 6.42 Å². The molecule has 1 N–H and O–H groups in total. The molecule has 1 aliphatic rings. The topological polar surface area (TPSA) is 40.5 Å². The zero-order valence-electron chi connectivity index (χ0n) is 10.8. The van der Waals surface area contributed by atoms with E-state index in [0.29, 0.717) is 6.04 Å². The van der Waals surface area contributed by atoms with Crippen LogP contribution < -0.4 is 4.90 Å². The minimum absolute atomic E-state index is 0.249. The maximum absolute atomic E-state index is 10.7. The first-order valence-corrected chi connectivity index (χ1v) is 7.31. The first-order chi connectivity index (χ1) is 8.63. The standard InChI is InChI=1S/C14H19NO2S/c1-3-10-5-4-6-12-14(10)15(2)11(9-18-12)7-8-13(16)17/h4-6,11H,3,7-9H2,1-2H3,(H,16,17). The SMILES string of the molecule is CCc1cccc2c1N(C)C(CCC(=O)O)CS2. The van der Waals surface area contributed by atoms with Crippen LogP contribution in [0.4, 0.5) is 5.69 Å². The van der Waals surface area contributed by atoms with E-state index < -0.39 is 5.97 Å². The van der Waals surface area contributed by atoms with Crippen molar-refractivity contribution in [1.29, 1.82) is 0 Å². The quantitative estimate of drug-likeness (QED) is 0.908. The lowest BCUT2D eigenvalue weighted by atomic mass is 10.1. The molecule has 2 rings (SSSR count). The summed E-state index contributed by atoms with van der Waals surface area (Å²) in [6.45, 7) is 2.16. The van der Waals surface area contributed by atoms with Crippen molar-refractivity contribution in [1.82, 2.24) is 0 Å². The van der Waals surface area contributed by atoms with Crippen molar-refractivity contribution in [2.75, 3.05) is 17.7 Å². The number of carboxylic acid groups (broad SMARTS) is 1. The lowest BCUT2D eigenvalue weighted by Crippen LogP contribution is -2.37. The van der Waals surface area contributed by atoms with Crippen LogP contribution in [0.25, 0.3) is 0 Å². The maximum atomic E-state index is 10.7. The van der Waals surface area contributed by atoms with Gasteiger partial charge in [-0.3, -0.25) is 4.79 Å². The molecule has 1 unspecified atom stereocenters. The number of thioether (sulfide) groups is 1. The van der Waals surface area contributed by atoms with Crippen LogP contribution >= 0.6 is 11.8 Å². The summed E-state index contributed by atoms with van der Waals surface area (Å²) in [7, 11) is 2.09. The van der Waals surface area contributed by atoms with Crippen molar-refractivity contribution < 1.29 is 9.90 Å². The van der Waals surface area contributed by atoms with E-state index >= 15 is 0 Å². The number of hydrogen-bond donors (Lipinski definition) is 1. The Morgan fingerprint density at radius 1 is 1.56 bits per heavy atom. The van der Waals surface area contributed by atoms with Crippen LogP contribution in [0.3, 0.4) is 0 Å². The predicted molar refractivity (Wildman–Crippen MR) is 75.6 cm³/mol. The van der Waals surface area contributed by atoms with Gasteiger partial charge in [-0.05, 0) is 24.5 Å². The molecule has 4 heteroatoms. The Morgan fingerprint density at radius 3 is 3.00 bits per heavy atom. The van der Waals surface area contributed by atoms with Crippen LogP contribution in [0.15, 0.2) is 23.1 Å². The van der Waals surface area contributed by atoms with Crippen molar-refractivity contribution >= 4 is 23.4 Å². The van der Waals surface area contributed by atoms with Crippen LogP contribution in [-0.2, 0) is 11.2 Å². The molecular weight excluding hydrogens is 246 g/mol. The third kappa shape index (κ3) is 2.64. The summed E-state index contributed by atoms with van der Waals surface area (Å²) >= 11 is 1.85. The van der Waals surface area contributed by atoms with Crippen molar-refractivity contribution in [3.63, 3.8) is 0 Å². The molecule has 18 heavy (non-hydrogen) atoms. The number of nitrogens with zero attached hydrogens (tertiary/aromatic N) is 1. The van der Waals surface area contributed by atoms with Crippen LogP contribution in [0.1, 0.15) is 25.3 Å². The minimum Gasteiger partial charge on any atom is -0.481 e. The summed E-state index contributed by atoms with van der Waals surface area (Å²) in [5.74, 6) is 0.271. The second-order valence-corrected chi connectivity index (χ2v) is 5.69. The van der Waals surface area contributed by atoms with Crippen LogP contribution in [0.2, 0.25) is 0 Å². The maximum Gasteiger partial charge on any atom is 0.303 e. The van der Waals surface area contributed by atoms with Crippen molar-refractivity contribution in [2.24, 2.45) is 0 Å². The molecule has 0 aliphatic carbocycles. The molecule has 0 spiro atoms. The highest BCUT2D eigenvalue weighted by Crippen LogP contribution is 2.40. The highest BCUT2D eigenvalue weighted by Gasteiger charge is 2.25. The fraction of sp³-hybridized carbons (Fsp3) is 0.500. The second kappa shape index (κ2) is 5.65. The number of aliphatic carboxylic acids is 1. The van der Waals surface area contributed by atoms with E-state index in [0.717, 1.165) is 18.6 Å². The summed E-state index contributed by atoms with van der Waals surface area (Å²) in [5, 5.41) is 8.80. The largest absolute Gasteiger partial charge is 0.481 e. The van der Waals surface area contributed by atoms with E-state index in [1.807, 2.05) is 11.8 Å². The van der Waals surface area contributed by atoms with Gasteiger partial charge in [-0.15, -0.1) is 11.8 Å².